The Kier molecular flexibility index (Phi) is 5.10. The molecule has 0 amide bonds. The molecule has 136 valence electrons. The number of rotatable bonds is 4. The highest BCUT2D eigenvalue weighted by Gasteiger charge is 2.30. The van der Waals surface area contributed by atoms with E-state index >= 15 is 0 Å². The first-order valence-electron chi connectivity index (χ1n) is 8.25. The predicted molar refractivity (Wildman–Crippen MR) is 85.7 cm³/mol. The van der Waals surface area contributed by atoms with Crippen LogP contribution in [0, 0.1) is 6.92 Å². The Labute approximate surface area is 144 Å². The van der Waals surface area contributed by atoms with Crippen molar-refractivity contribution in [2.75, 3.05) is 26.2 Å². The summed E-state index contributed by atoms with van der Waals surface area (Å²) in [6.07, 6.45) is -4.28. The normalized spacial score (nSPS) is 18.4. The van der Waals surface area contributed by atoms with Gasteiger partial charge in [0.05, 0.1) is 11.6 Å². The summed E-state index contributed by atoms with van der Waals surface area (Å²) in [5.41, 5.74) is 0.284. The molecule has 0 N–H and O–H groups in total. The van der Waals surface area contributed by atoms with Crippen LogP contribution in [0.2, 0.25) is 0 Å². The zero-order valence-electron chi connectivity index (χ0n) is 14.3. The van der Waals surface area contributed by atoms with Crippen LogP contribution >= 0.6 is 0 Å². The fourth-order valence-corrected chi connectivity index (χ4v) is 3.01. The lowest BCUT2D eigenvalue weighted by Crippen LogP contribution is -2.46. The zero-order chi connectivity index (χ0) is 18.0. The SMILES string of the molecule is Cc1noc([C@@H](C)N2CCN(Cc3ccc(C(F)(F)F)cc3)CC2)n1. The highest BCUT2D eigenvalue weighted by atomic mass is 19.4. The predicted octanol–water partition coefficient (Wildman–Crippen LogP) is 3.28. The van der Waals surface area contributed by atoms with Crippen LogP contribution in [0.25, 0.3) is 0 Å². The number of halogens is 3. The molecule has 1 atom stereocenters. The summed E-state index contributed by atoms with van der Waals surface area (Å²) in [4.78, 5) is 8.79. The van der Waals surface area contributed by atoms with Crippen LogP contribution in [0.4, 0.5) is 13.2 Å². The maximum atomic E-state index is 12.6. The van der Waals surface area contributed by atoms with Gasteiger partial charge in [0, 0.05) is 32.7 Å². The second-order valence-electron chi connectivity index (χ2n) is 6.36. The lowest BCUT2D eigenvalue weighted by Gasteiger charge is -2.36. The van der Waals surface area contributed by atoms with Gasteiger partial charge in [0.1, 0.15) is 0 Å². The van der Waals surface area contributed by atoms with Gasteiger partial charge in [-0.1, -0.05) is 17.3 Å². The van der Waals surface area contributed by atoms with Gasteiger partial charge in [0.2, 0.25) is 5.89 Å². The Morgan fingerprint density at radius 2 is 1.76 bits per heavy atom. The van der Waals surface area contributed by atoms with Crippen molar-refractivity contribution in [1.29, 1.82) is 0 Å². The Morgan fingerprint density at radius 1 is 1.12 bits per heavy atom. The van der Waals surface area contributed by atoms with E-state index in [1.807, 2.05) is 6.92 Å². The highest BCUT2D eigenvalue weighted by Crippen LogP contribution is 2.29. The Balaban J connectivity index is 1.52. The van der Waals surface area contributed by atoms with E-state index in [0.717, 1.165) is 43.9 Å². The largest absolute Gasteiger partial charge is 0.416 e. The van der Waals surface area contributed by atoms with Crippen LogP contribution in [-0.4, -0.2) is 46.1 Å². The smallest absolute Gasteiger partial charge is 0.338 e. The molecule has 2 aromatic rings. The Bertz CT molecular complexity index is 691. The standard InChI is InChI=1S/C17H21F3N4O/c1-12(16-21-13(2)22-25-16)24-9-7-23(8-10-24)11-14-3-5-15(6-4-14)17(18,19)20/h3-6,12H,7-11H2,1-2H3/t12-/m1/s1. The molecule has 1 aliphatic rings. The average Bonchev–Trinajstić information content (AvgIpc) is 3.01. The van der Waals surface area contributed by atoms with Gasteiger partial charge in [0.15, 0.2) is 5.82 Å². The van der Waals surface area contributed by atoms with Crippen molar-refractivity contribution in [2.45, 2.75) is 32.6 Å². The third-order valence-corrected chi connectivity index (χ3v) is 4.54. The lowest BCUT2D eigenvalue weighted by molar-refractivity contribution is -0.137. The average molecular weight is 354 g/mol. The summed E-state index contributed by atoms with van der Waals surface area (Å²) in [5, 5.41) is 3.82. The molecule has 0 spiro atoms. The van der Waals surface area contributed by atoms with E-state index in [0.29, 0.717) is 18.3 Å². The maximum absolute atomic E-state index is 12.6. The first-order chi connectivity index (χ1) is 11.8. The second kappa shape index (κ2) is 7.13. The summed E-state index contributed by atoms with van der Waals surface area (Å²) < 4.78 is 43.0. The molecule has 1 fully saturated rings. The van der Waals surface area contributed by atoms with E-state index in [2.05, 4.69) is 19.9 Å². The number of aryl methyl sites for hydroxylation is 1. The summed E-state index contributed by atoms with van der Waals surface area (Å²) in [7, 11) is 0. The molecule has 1 saturated heterocycles. The fraction of sp³-hybridized carbons (Fsp3) is 0.529. The second-order valence-corrected chi connectivity index (χ2v) is 6.36. The van der Waals surface area contributed by atoms with Crippen LogP contribution < -0.4 is 0 Å². The Hall–Kier alpha value is -1.93. The van der Waals surface area contributed by atoms with E-state index < -0.39 is 11.7 Å². The van der Waals surface area contributed by atoms with Crippen LogP contribution in [-0.2, 0) is 12.7 Å². The number of alkyl halides is 3. The number of hydrogen-bond acceptors (Lipinski definition) is 5. The molecule has 1 aliphatic heterocycles. The van der Waals surface area contributed by atoms with E-state index in [4.69, 9.17) is 4.52 Å². The Morgan fingerprint density at radius 3 is 2.28 bits per heavy atom. The van der Waals surface area contributed by atoms with Crippen LogP contribution in [0.5, 0.6) is 0 Å². The van der Waals surface area contributed by atoms with Crippen LogP contribution in [0.1, 0.15) is 35.8 Å². The van der Waals surface area contributed by atoms with Crippen molar-refractivity contribution in [1.82, 2.24) is 19.9 Å². The minimum Gasteiger partial charge on any atom is -0.338 e. The van der Waals surface area contributed by atoms with Crippen molar-refractivity contribution in [3.63, 3.8) is 0 Å². The van der Waals surface area contributed by atoms with E-state index in [1.54, 1.807) is 19.1 Å². The zero-order valence-corrected chi connectivity index (χ0v) is 14.3. The molecule has 0 bridgehead atoms. The molecule has 0 saturated carbocycles. The van der Waals surface area contributed by atoms with Crippen molar-refractivity contribution >= 4 is 0 Å². The molecule has 0 radical (unpaired) electrons. The molecule has 0 unspecified atom stereocenters. The number of hydrogen-bond donors (Lipinski definition) is 0. The van der Waals surface area contributed by atoms with Gasteiger partial charge in [-0.3, -0.25) is 9.80 Å². The molecule has 0 aliphatic carbocycles. The highest BCUT2D eigenvalue weighted by molar-refractivity contribution is 5.24. The molecule has 2 heterocycles. The van der Waals surface area contributed by atoms with Gasteiger partial charge >= 0.3 is 6.18 Å². The monoisotopic (exact) mass is 354 g/mol. The van der Waals surface area contributed by atoms with E-state index in [1.165, 1.54) is 0 Å². The quantitative estimate of drug-likeness (QED) is 0.843. The van der Waals surface area contributed by atoms with Crippen molar-refractivity contribution in [3.05, 3.63) is 47.1 Å². The minimum absolute atomic E-state index is 0.0643. The number of aromatic nitrogens is 2. The minimum atomic E-state index is -4.28. The molecule has 8 heteroatoms. The van der Waals surface area contributed by atoms with Crippen LogP contribution in [0.15, 0.2) is 28.8 Å². The molecule has 1 aromatic heterocycles. The van der Waals surface area contributed by atoms with Crippen molar-refractivity contribution in [2.24, 2.45) is 0 Å². The third kappa shape index (κ3) is 4.38. The third-order valence-electron chi connectivity index (χ3n) is 4.54. The number of benzene rings is 1. The van der Waals surface area contributed by atoms with Gasteiger partial charge in [-0.2, -0.15) is 18.2 Å². The molecular formula is C17H21F3N4O. The number of piperazine rings is 1. The maximum Gasteiger partial charge on any atom is 0.416 e. The summed E-state index contributed by atoms with van der Waals surface area (Å²) in [6.45, 7) is 7.88. The van der Waals surface area contributed by atoms with E-state index in [9.17, 15) is 13.2 Å². The molecular weight excluding hydrogens is 333 g/mol. The van der Waals surface area contributed by atoms with Gasteiger partial charge < -0.3 is 4.52 Å². The van der Waals surface area contributed by atoms with E-state index in [-0.39, 0.29) is 6.04 Å². The fourth-order valence-electron chi connectivity index (χ4n) is 3.01. The van der Waals surface area contributed by atoms with Gasteiger partial charge in [-0.05, 0) is 31.5 Å². The number of nitrogens with zero attached hydrogens (tertiary/aromatic N) is 4. The van der Waals surface area contributed by atoms with Gasteiger partial charge in [-0.25, -0.2) is 0 Å². The lowest BCUT2D eigenvalue weighted by atomic mass is 10.1. The molecule has 1 aromatic carbocycles. The first-order valence-corrected chi connectivity index (χ1v) is 8.25. The molecule has 3 rings (SSSR count). The summed E-state index contributed by atoms with van der Waals surface area (Å²) in [5.74, 6) is 1.25. The molecule has 25 heavy (non-hydrogen) atoms. The summed E-state index contributed by atoms with van der Waals surface area (Å²) >= 11 is 0. The van der Waals surface area contributed by atoms with Gasteiger partial charge in [0.25, 0.3) is 0 Å². The topological polar surface area (TPSA) is 45.4 Å². The summed E-state index contributed by atoms with van der Waals surface area (Å²) in [6, 6.07) is 5.46. The van der Waals surface area contributed by atoms with Gasteiger partial charge in [-0.15, -0.1) is 0 Å². The van der Waals surface area contributed by atoms with Crippen molar-refractivity contribution < 1.29 is 17.7 Å². The first kappa shape index (κ1) is 17.9. The molecule has 5 nitrogen and oxygen atoms in total. The van der Waals surface area contributed by atoms with Crippen molar-refractivity contribution in [3.8, 4) is 0 Å². The van der Waals surface area contributed by atoms with Crippen LogP contribution in [0.3, 0.4) is 0 Å².